The molecular formula is C47H31N. The van der Waals surface area contributed by atoms with Crippen LogP contribution in [0.2, 0.25) is 0 Å². The van der Waals surface area contributed by atoms with Crippen LogP contribution in [0.5, 0.6) is 0 Å². The van der Waals surface area contributed by atoms with Crippen molar-refractivity contribution in [3.8, 4) is 22.3 Å². The fourth-order valence-electron chi connectivity index (χ4n) is 8.06. The molecule has 0 aromatic heterocycles. The van der Waals surface area contributed by atoms with Gasteiger partial charge in [0, 0.05) is 23.5 Å². The van der Waals surface area contributed by atoms with E-state index in [9.17, 15) is 0 Å². The van der Waals surface area contributed by atoms with Crippen LogP contribution in [0, 0.1) is 0 Å². The third-order valence-corrected chi connectivity index (χ3v) is 10.2. The van der Waals surface area contributed by atoms with Crippen LogP contribution in [0.15, 0.2) is 176 Å². The minimum absolute atomic E-state index is 0.958. The number of para-hydroxylation sites is 2. The third-order valence-electron chi connectivity index (χ3n) is 10.2. The van der Waals surface area contributed by atoms with Crippen molar-refractivity contribution in [1.82, 2.24) is 0 Å². The summed E-state index contributed by atoms with van der Waals surface area (Å²) >= 11 is 0. The first kappa shape index (κ1) is 27.0. The van der Waals surface area contributed by atoms with Gasteiger partial charge >= 0.3 is 0 Å². The molecular weight excluding hydrogens is 579 g/mol. The summed E-state index contributed by atoms with van der Waals surface area (Å²) in [7, 11) is 0. The molecule has 0 unspecified atom stereocenters. The van der Waals surface area contributed by atoms with Gasteiger partial charge in [-0.3, -0.25) is 0 Å². The number of nitrogens with zero attached hydrogens (tertiary/aromatic N) is 1. The maximum absolute atomic E-state index is 2.42. The smallest absolute Gasteiger partial charge is 0.0497 e. The summed E-state index contributed by atoms with van der Waals surface area (Å²) in [6.45, 7) is 0. The maximum atomic E-state index is 2.42. The van der Waals surface area contributed by atoms with Crippen molar-refractivity contribution >= 4 is 60.2 Å². The van der Waals surface area contributed by atoms with Crippen molar-refractivity contribution < 1.29 is 0 Å². The minimum atomic E-state index is 0.958. The van der Waals surface area contributed by atoms with Crippen LogP contribution >= 0.6 is 0 Å². The molecule has 10 rings (SSSR count). The van der Waals surface area contributed by atoms with Crippen molar-refractivity contribution in [2.24, 2.45) is 0 Å². The second kappa shape index (κ2) is 10.7. The normalized spacial score (nSPS) is 12.5. The molecule has 0 fully saturated rings. The van der Waals surface area contributed by atoms with E-state index in [1.807, 2.05) is 0 Å². The first-order valence-electron chi connectivity index (χ1n) is 16.7. The van der Waals surface area contributed by atoms with Crippen molar-refractivity contribution in [3.05, 3.63) is 187 Å². The quantitative estimate of drug-likeness (QED) is 0.180. The molecule has 0 spiro atoms. The zero-order valence-electron chi connectivity index (χ0n) is 26.4. The molecule has 1 aliphatic rings. The summed E-state index contributed by atoms with van der Waals surface area (Å²) in [5.74, 6) is 0. The van der Waals surface area contributed by atoms with Crippen LogP contribution in [0.1, 0.15) is 11.1 Å². The van der Waals surface area contributed by atoms with E-state index in [0.717, 1.165) is 6.42 Å². The molecule has 0 bridgehead atoms. The minimum Gasteiger partial charge on any atom is -0.310 e. The highest BCUT2D eigenvalue weighted by molar-refractivity contribution is 6.26. The molecule has 0 amide bonds. The molecule has 224 valence electrons. The summed E-state index contributed by atoms with van der Waals surface area (Å²) in [5, 5.41) is 10.2. The van der Waals surface area contributed by atoms with Gasteiger partial charge in [-0.05, 0) is 113 Å². The lowest BCUT2D eigenvalue weighted by atomic mass is 9.86. The van der Waals surface area contributed by atoms with Crippen LogP contribution < -0.4 is 4.90 Å². The van der Waals surface area contributed by atoms with Crippen LogP contribution in [0.3, 0.4) is 0 Å². The van der Waals surface area contributed by atoms with E-state index in [0.29, 0.717) is 0 Å². The molecule has 0 aliphatic carbocycles. The van der Waals surface area contributed by atoms with Crippen molar-refractivity contribution in [3.63, 3.8) is 0 Å². The van der Waals surface area contributed by atoms with E-state index >= 15 is 0 Å². The first-order chi connectivity index (χ1) is 23.8. The number of rotatable bonds is 3. The zero-order chi connectivity index (χ0) is 31.6. The Bertz CT molecular complexity index is 2650. The lowest BCUT2D eigenvalue weighted by Gasteiger charge is -2.33. The van der Waals surface area contributed by atoms with Gasteiger partial charge in [0.05, 0.1) is 0 Å². The molecule has 1 nitrogen and oxygen atoms in total. The Labute approximate surface area is 280 Å². The van der Waals surface area contributed by atoms with E-state index in [4.69, 9.17) is 0 Å². The molecule has 0 N–H and O–H groups in total. The Kier molecular flexibility index (Phi) is 6.01. The Hall–Kier alpha value is -6.18. The van der Waals surface area contributed by atoms with Crippen molar-refractivity contribution in [2.75, 3.05) is 4.90 Å². The van der Waals surface area contributed by atoms with Crippen molar-refractivity contribution in [2.45, 2.75) is 6.42 Å². The molecule has 0 atom stereocenters. The Morgan fingerprint density at radius 3 is 1.56 bits per heavy atom. The zero-order valence-corrected chi connectivity index (χ0v) is 26.4. The predicted octanol–water partition coefficient (Wildman–Crippen LogP) is 13.0. The summed E-state index contributed by atoms with van der Waals surface area (Å²) in [4.78, 5) is 2.42. The molecule has 9 aromatic carbocycles. The predicted molar refractivity (Wildman–Crippen MR) is 205 cm³/mol. The first-order valence-corrected chi connectivity index (χ1v) is 16.7. The summed E-state index contributed by atoms with van der Waals surface area (Å²) < 4.78 is 0. The molecule has 0 saturated heterocycles. The number of fused-ring (bicyclic) bond motifs is 8. The van der Waals surface area contributed by atoms with Crippen LogP contribution in [0.4, 0.5) is 17.1 Å². The van der Waals surface area contributed by atoms with Gasteiger partial charge in [0.15, 0.2) is 0 Å². The van der Waals surface area contributed by atoms with E-state index < -0.39 is 0 Å². The highest BCUT2D eigenvalue weighted by atomic mass is 15.2. The van der Waals surface area contributed by atoms with Gasteiger partial charge in [-0.25, -0.2) is 0 Å². The van der Waals surface area contributed by atoms with Gasteiger partial charge in [-0.2, -0.15) is 0 Å². The van der Waals surface area contributed by atoms with Gasteiger partial charge in [0.25, 0.3) is 0 Å². The van der Waals surface area contributed by atoms with Gasteiger partial charge in [-0.15, -0.1) is 0 Å². The standard InChI is InChI=1S/C47H31N/c1-4-16-37-31(12-1)15-11-21-38(37)44-30-35-29-43(39-17-5-7-19-41(39)47(35)42-20-8-6-18-40(42)44)32-24-26-36(27-25-32)48-45-22-9-2-13-33(45)28-34-14-3-10-23-46(34)48/h1-27,29-30H,28H2. The molecule has 1 heterocycles. The lowest BCUT2D eigenvalue weighted by Crippen LogP contribution is -2.18. The monoisotopic (exact) mass is 609 g/mol. The van der Waals surface area contributed by atoms with Gasteiger partial charge in [0.1, 0.15) is 0 Å². The number of hydrogen-bond donors (Lipinski definition) is 0. The van der Waals surface area contributed by atoms with Gasteiger partial charge < -0.3 is 4.90 Å². The number of anilines is 3. The van der Waals surface area contributed by atoms with Crippen LogP contribution in [0.25, 0.3) is 65.3 Å². The Morgan fingerprint density at radius 1 is 0.354 bits per heavy atom. The summed E-state index contributed by atoms with van der Waals surface area (Å²) in [5.41, 5.74) is 11.4. The molecule has 1 heteroatoms. The SMILES string of the molecule is c1ccc2c(c1)Cc1ccccc1N2c1ccc(-c2cc3cc(-c4cccc5ccccc45)c4ccccc4c3c3ccccc23)cc1. The molecule has 9 aromatic rings. The van der Waals surface area contributed by atoms with E-state index in [1.54, 1.807) is 0 Å². The van der Waals surface area contributed by atoms with E-state index in [1.165, 1.54) is 93.5 Å². The molecule has 48 heavy (non-hydrogen) atoms. The fraction of sp³-hybridized carbons (Fsp3) is 0.0213. The summed E-state index contributed by atoms with van der Waals surface area (Å²) in [6.07, 6.45) is 0.958. The second-order valence-electron chi connectivity index (χ2n) is 12.9. The lowest BCUT2D eigenvalue weighted by molar-refractivity contribution is 1.09. The largest absolute Gasteiger partial charge is 0.310 e. The van der Waals surface area contributed by atoms with E-state index in [-0.39, 0.29) is 0 Å². The summed E-state index contributed by atoms with van der Waals surface area (Å²) in [6, 6.07) is 64.8. The van der Waals surface area contributed by atoms with Gasteiger partial charge in [-0.1, -0.05) is 140 Å². The highest BCUT2D eigenvalue weighted by Gasteiger charge is 2.23. The van der Waals surface area contributed by atoms with E-state index in [2.05, 4.69) is 181 Å². The number of benzene rings is 9. The highest BCUT2D eigenvalue weighted by Crippen LogP contribution is 2.46. The van der Waals surface area contributed by atoms with Crippen LogP contribution in [-0.4, -0.2) is 0 Å². The molecule has 0 radical (unpaired) electrons. The number of hydrogen-bond acceptors (Lipinski definition) is 1. The van der Waals surface area contributed by atoms with Gasteiger partial charge in [0.2, 0.25) is 0 Å². The fourth-order valence-corrected chi connectivity index (χ4v) is 8.06. The van der Waals surface area contributed by atoms with Crippen molar-refractivity contribution in [1.29, 1.82) is 0 Å². The Balaban J connectivity index is 1.18. The maximum Gasteiger partial charge on any atom is 0.0497 e. The molecule has 0 saturated carbocycles. The van der Waals surface area contributed by atoms with Crippen LogP contribution in [-0.2, 0) is 6.42 Å². The average molecular weight is 610 g/mol. The Morgan fingerprint density at radius 2 is 0.875 bits per heavy atom. The topological polar surface area (TPSA) is 3.24 Å². The second-order valence-corrected chi connectivity index (χ2v) is 12.9. The third kappa shape index (κ3) is 4.11. The average Bonchev–Trinajstić information content (AvgIpc) is 3.16. The molecule has 1 aliphatic heterocycles.